The maximum atomic E-state index is 13.0. The third kappa shape index (κ3) is 57.0. The van der Waals surface area contributed by atoms with Crippen molar-refractivity contribution in [2.24, 2.45) is 23.7 Å². The summed E-state index contributed by atoms with van der Waals surface area (Å²) in [6.45, 7) is 14.0. The third-order valence-electron chi connectivity index (χ3n) is 16.2. The van der Waals surface area contributed by atoms with Crippen molar-refractivity contribution in [3.05, 3.63) is 0 Å². The molecule has 0 aromatic rings. The van der Waals surface area contributed by atoms with Gasteiger partial charge in [0.05, 0.1) is 26.4 Å². The number of unbranched alkanes of at least 4 members (excludes halogenated alkanes) is 26. The van der Waals surface area contributed by atoms with Crippen LogP contribution >= 0.6 is 15.6 Å². The number of ether oxygens (including phenoxy) is 4. The topological polar surface area (TPSA) is 237 Å². The van der Waals surface area contributed by atoms with Crippen LogP contribution in [0.4, 0.5) is 0 Å². The van der Waals surface area contributed by atoms with Crippen LogP contribution in [-0.2, 0) is 65.4 Å². The van der Waals surface area contributed by atoms with Crippen LogP contribution in [0.1, 0.15) is 319 Å². The molecule has 0 radical (unpaired) electrons. The van der Waals surface area contributed by atoms with Crippen molar-refractivity contribution in [1.29, 1.82) is 0 Å². The molecule has 17 nitrogen and oxygen atoms in total. The number of aliphatic hydroxyl groups excluding tert-OH is 1. The second-order valence-electron chi connectivity index (χ2n) is 25.1. The van der Waals surface area contributed by atoms with Gasteiger partial charge in [-0.05, 0) is 49.4 Å². The van der Waals surface area contributed by atoms with E-state index in [1.54, 1.807) is 0 Å². The Morgan fingerprint density at radius 1 is 0.329 bits per heavy atom. The fourth-order valence-electron chi connectivity index (χ4n) is 9.69. The highest BCUT2D eigenvalue weighted by atomic mass is 31.2. The second kappa shape index (κ2) is 56.1. The van der Waals surface area contributed by atoms with Crippen LogP contribution in [0.3, 0.4) is 0 Å². The Balaban J connectivity index is 5.25. The molecule has 0 saturated carbocycles. The molecule has 0 spiro atoms. The standard InChI is InChI=1S/C66H128O17P2/c1-9-57(6)43-35-27-19-14-12-13-15-20-30-38-46-63(68)76-52-62(83-66(71)49-41-33-25-23-29-37-45-59(8)11-3)55-81-85(74,75)79-51-60(67)50-78-84(72,73)80-54-61(53-77-64(69)47-39-31-24-22-28-36-44-58(7)10-2)82-65(70)48-40-32-21-17-16-18-26-34-42-56(4)5/h56-62,67H,9-55H2,1-8H3,(H,72,73)(H,74,75)/t57?,58?,59?,60-,61+,62+/m0/s1. The van der Waals surface area contributed by atoms with Crippen LogP contribution in [0.5, 0.6) is 0 Å². The zero-order valence-corrected chi connectivity index (χ0v) is 57.0. The normalized spacial score (nSPS) is 15.3. The molecule has 0 aliphatic carbocycles. The van der Waals surface area contributed by atoms with Crippen molar-refractivity contribution >= 4 is 39.5 Å². The highest BCUT2D eigenvalue weighted by molar-refractivity contribution is 7.47. The number of carbonyl (C=O) groups is 4. The van der Waals surface area contributed by atoms with Gasteiger partial charge in [-0.15, -0.1) is 0 Å². The minimum atomic E-state index is -4.95. The Morgan fingerprint density at radius 3 is 0.835 bits per heavy atom. The van der Waals surface area contributed by atoms with E-state index in [1.165, 1.54) is 116 Å². The monoisotopic (exact) mass is 1250 g/mol. The second-order valence-corrected chi connectivity index (χ2v) is 28.0. The van der Waals surface area contributed by atoms with E-state index in [0.29, 0.717) is 25.7 Å². The van der Waals surface area contributed by atoms with Gasteiger partial charge in [0, 0.05) is 25.7 Å². The van der Waals surface area contributed by atoms with Gasteiger partial charge < -0.3 is 33.8 Å². The van der Waals surface area contributed by atoms with Gasteiger partial charge in [0.2, 0.25) is 0 Å². The molecular weight excluding hydrogens is 1130 g/mol. The molecule has 0 aromatic carbocycles. The lowest BCUT2D eigenvalue weighted by Gasteiger charge is -2.21. The van der Waals surface area contributed by atoms with E-state index < -0.39 is 97.5 Å². The van der Waals surface area contributed by atoms with Gasteiger partial charge in [0.1, 0.15) is 19.3 Å². The molecule has 85 heavy (non-hydrogen) atoms. The minimum Gasteiger partial charge on any atom is -0.462 e. The highest BCUT2D eigenvalue weighted by Gasteiger charge is 2.30. The van der Waals surface area contributed by atoms with Gasteiger partial charge in [-0.25, -0.2) is 9.13 Å². The predicted molar refractivity (Wildman–Crippen MR) is 340 cm³/mol. The first-order valence-electron chi connectivity index (χ1n) is 34.3. The van der Waals surface area contributed by atoms with Crippen LogP contribution in [0, 0.1) is 23.7 Å². The summed E-state index contributed by atoms with van der Waals surface area (Å²) in [5.74, 6) is 0.839. The van der Waals surface area contributed by atoms with E-state index in [1.807, 2.05) is 0 Å². The lowest BCUT2D eigenvalue weighted by Crippen LogP contribution is -2.30. The van der Waals surface area contributed by atoms with Crippen molar-refractivity contribution in [3.8, 4) is 0 Å². The number of hydrogen-bond acceptors (Lipinski definition) is 15. The highest BCUT2D eigenvalue weighted by Crippen LogP contribution is 2.45. The van der Waals surface area contributed by atoms with Gasteiger partial charge in [0.25, 0.3) is 0 Å². The van der Waals surface area contributed by atoms with E-state index in [2.05, 4.69) is 55.4 Å². The van der Waals surface area contributed by atoms with Crippen LogP contribution in [0.25, 0.3) is 0 Å². The number of phosphoric ester groups is 2. The Bertz CT molecular complexity index is 1700. The van der Waals surface area contributed by atoms with Crippen LogP contribution in [-0.4, -0.2) is 96.7 Å². The number of phosphoric acid groups is 2. The van der Waals surface area contributed by atoms with Crippen molar-refractivity contribution < 1.29 is 80.2 Å². The summed E-state index contributed by atoms with van der Waals surface area (Å²) in [6.07, 6.45) is 36.2. The summed E-state index contributed by atoms with van der Waals surface area (Å²) in [4.78, 5) is 72.3. The zero-order chi connectivity index (χ0) is 63.2. The quantitative estimate of drug-likeness (QED) is 0.0222. The Hall–Kier alpha value is -1.94. The molecule has 0 amide bonds. The van der Waals surface area contributed by atoms with E-state index in [-0.39, 0.29) is 25.7 Å². The van der Waals surface area contributed by atoms with Crippen molar-refractivity contribution in [3.63, 3.8) is 0 Å². The molecule has 0 aromatic heterocycles. The fraction of sp³-hybridized carbons (Fsp3) is 0.939. The molecule has 0 aliphatic heterocycles. The van der Waals surface area contributed by atoms with Crippen molar-refractivity contribution in [1.82, 2.24) is 0 Å². The van der Waals surface area contributed by atoms with Crippen molar-refractivity contribution in [2.45, 2.75) is 337 Å². The molecule has 0 bridgehead atoms. The fourth-order valence-corrected chi connectivity index (χ4v) is 11.3. The van der Waals surface area contributed by atoms with Crippen molar-refractivity contribution in [2.75, 3.05) is 39.6 Å². The average molecular weight is 1260 g/mol. The van der Waals surface area contributed by atoms with Crippen LogP contribution < -0.4 is 0 Å². The lowest BCUT2D eigenvalue weighted by atomic mass is 9.99. The number of aliphatic hydroxyl groups is 1. The molecule has 0 rings (SSSR count). The molecular formula is C66H128O17P2. The summed E-state index contributed by atoms with van der Waals surface area (Å²) in [5.41, 5.74) is 0. The number of hydrogen-bond donors (Lipinski definition) is 3. The van der Waals surface area contributed by atoms with E-state index in [9.17, 15) is 43.2 Å². The van der Waals surface area contributed by atoms with E-state index in [0.717, 1.165) is 120 Å². The number of rotatable bonds is 63. The van der Waals surface area contributed by atoms with Gasteiger partial charge >= 0.3 is 39.5 Å². The summed E-state index contributed by atoms with van der Waals surface area (Å²) in [7, 11) is -9.89. The Kier molecular flexibility index (Phi) is 54.8. The minimum absolute atomic E-state index is 0.102. The summed E-state index contributed by atoms with van der Waals surface area (Å²) >= 11 is 0. The molecule has 504 valence electrons. The Labute approximate surface area is 517 Å². The number of carbonyl (C=O) groups excluding carboxylic acids is 4. The molecule has 19 heteroatoms. The molecule has 8 atom stereocenters. The summed E-state index contributed by atoms with van der Waals surface area (Å²) in [6, 6.07) is 0. The molecule has 3 N–H and O–H groups in total. The van der Waals surface area contributed by atoms with E-state index >= 15 is 0 Å². The van der Waals surface area contributed by atoms with Crippen LogP contribution in [0.2, 0.25) is 0 Å². The third-order valence-corrected chi connectivity index (χ3v) is 18.1. The van der Waals surface area contributed by atoms with Gasteiger partial charge in [-0.2, -0.15) is 0 Å². The zero-order valence-electron chi connectivity index (χ0n) is 55.2. The summed E-state index contributed by atoms with van der Waals surface area (Å²) in [5, 5.41) is 10.5. The van der Waals surface area contributed by atoms with E-state index in [4.69, 9.17) is 37.0 Å². The lowest BCUT2D eigenvalue weighted by molar-refractivity contribution is -0.161. The van der Waals surface area contributed by atoms with Crippen LogP contribution in [0.15, 0.2) is 0 Å². The molecule has 0 saturated heterocycles. The van der Waals surface area contributed by atoms with Gasteiger partial charge in [0.15, 0.2) is 12.2 Å². The number of esters is 4. The van der Waals surface area contributed by atoms with Gasteiger partial charge in [-0.1, -0.05) is 267 Å². The maximum Gasteiger partial charge on any atom is 0.472 e. The first-order valence-corrected chi connectivity index (χ1v) is 37.3. The molecule has 0 aliphatic rings. The first-order chi connectivity index (χ1) is 40.7. The largest absolute Gasteiger partial charge is 0.472 e. The predicted octanol–water partition coefficient (Wildman–Crippen LogP) is 18.1. The Morgan fingerprint density at radius 2 is 0.565 bits per heavy atom. The maximum absolute atomic E-state index is 13.0. The smallest absolute Gasteiger partial charge is 0.462 e. The average Bonchev–Trinajstić information content (AvgIpc) is 3.54. The molecule has 0 fully saturated rings. The summed E-state index contributed by atoms with van der Waals surface area (Å²) < 4.78 is 68.1. The van der Waals surface area contributed by atoms with Gasteiger partial charge in [-0.3, -0.25) is 37.3 Å². The first kappa shape index (κ1) is 83.1. The molecule has 5 unspecified atom stereocenters. The SMILES string of the molecule is CCC(C)CCCCCCCCCCCCC(=O)OC[C@H](COP(=O)(O)OC[C@@H](O)COP(=O)(O)OC[C@@H](COC(=O)CCCCCCCCC(C)CC)OC(=O)CCCCCCCCCCC(C)C)OC(=O)CCCCCCCCC(C)CC. The molecule has 0 heterocycles.